The number of nitrogens with zero attached hydrogens (tertiary/aromatic N) is 1. The molecule has 0 saturated carbocycles. The summed E-state index contributed by atoms with van der Waals surface area (Å²) in [6.45, 7) is -0.166. The molecule has 0 fully saturated rings. The van der Waals surface area contributed by atoms with Crippen molar-refractivity contribution in [1.29, 1.82) is 0 Å². The fourth-order valence-electron chi connectivity index (χ4n) is 1.76. The first kappa shape index (κ1) is 10.9. The van der Waals surface area contributed by atoms with Crippen LogP contribution >= 0.6 is 11.6 Å². The molecule has 6 heteroatoms. The lowest BCUT2D eigenvalue weighted by molar-refractivity contribution is -0.122. The Morgan fingerprint density at radius 2 is 2.19 bits per heavy atom. The Morgan fingerprint density at radius 1 is 1.50 bits per heavy atom. The van der Waals surface area contributed by atoms with Crippen LogP contribution in [0.15, 0.2) is 18.2 Å². The zero-order valence-electron chi connectivity index (χ0n) is 8.31. The van der Waals surface area contributed by atoms with Crippen LogP contribution in [0.5, 0.6) is 0 Å². The third kappa shape index (κ3) is 1.64. The summed E-state index contributed by atoms with van der Waals surface area (Å²) in [4.78, 5) is 23.9. The normalized spacial score (nSPS) is 18.8. The van der Waals surface area contributed by atoms with Gasteiger partial charge < -0.3 is 16.4 Å². The first-order chi connectivity index (χ1) is 7.50. The van der Waals surface area contributed by atoms with Gasteiger partial charge in [0.05, 0.1) is 0 Å². The van der Waals surface area contributed by atoms with Crippen molar-refractivity contribution in [1.82, 2.24) is 0 Å². The Labute approximate surface area is 97.0 Å². The molecule has 0 aliphatic carbocycles. The minimum Gasteiger partial charge on any atom is -0.368 e. The van der Waals surface area contributed by atoms with E-state index in [1.807, 2.05) is 0 Å². The maximum Gasteiger partial charge on any atom is 0.249 e. The van der Waals surface area contributed by atoms with E-state index in [4.69, 9.17) is 23.1 Å². The number of hydrogen-bond donors (Lipinski definition) is 2. The highest BCUT2D eigenvalue weighted by molar-refractivity contribution is 6.31. The molecule has 1 aromatic carbocycles. The monoisotopic (exact) mass is 239 g/mol. The predicted octanol–water partition coefficient (Wildman–Crippen LogP) is 0.172. The molecule has 5 nitrogen and oxygen atoms in total. The molecule has 0 aromatic heterocycles. The van der Waals surface area contributed by atoms with Gasteiger partial charge in [0.2, 0.25) is 11.8 Å². The van der Waals surface area contributed by atoms with Crippen LogP contribution in [0.25, 0.3) is 0 Å². The fraction of sp³-hybridized carbons (Fsp3) is 0.200. The van der Waals surface area contributed by atoms with E-state index in [0.717, 1.165) is 0 Å². The van der Waals surface area contributed by atoms with Crippen molar-refractivity contribution < 1.29 is 9.59 Å². The highest BCUT2D eigenvalue weighted by Crippen LogP contribution is 2.35. The number of hydrogen-bond acceptors (Lipinski definition) is 3. The Kier molecular flexibility index (Phi) is 2.57. The van der Waals surface area contributed by atoms with Gasteiger partial charge in [-0.1, -0.05) is 11.6 Å². The Balaban J connectivity index is 2.45. The molecule has 1 heterocycles. The van der Waals surface area contributed by atoms with Crippen molar-refractivity contribution in [3.05, 3.63) is 28.8 Å². The SMILES string of the molecule is NC(=O)CN1C(=O)C(N)c2cc(Cl)ccc21. The quantitative estimate of drug-likeness (QED) is 0.771. The molecule has 4 N–H and O–H groups in total. The Hall–Kier alpha value is -1.59. The summed E-state index contributed by atoms with van der Waals surface area (Å²) < 4.78 is 0. The molecule has 0 radical (unpaired) electrons. The van der Waals surface area contributed by atoms with E-state index in [2.05, 4.69) is 0 Å². The van der Waals surface area contributed by atoms with Gasteiger partial charge in [-0.3, -0.25) is 9.59 Å². The number of benzene rings is 1. The fourth-order valence-corrected chi connectivity index (χ4v) is 1.94. The summed E-state index contributed by atoms with van der Waals surface area (Å²) in [5, 5.41) is 0.503. The van der Waals surface area contributed by atoms with E-state index in [1.54, 1.807) is 18.2 Å². The highest BCUT2D eigenvalue weighted by Gasteiger charge is 2.35. The van der Waals surface area contributed by atoms with Crippen molar-refractivity contribution in [2.75, 3.05) is 11.4 Å². The lowest BCUT2D eigenvalue weighted by Crippen LogP contribution is -2.38. The van der Waals surface area contributed by atoms with Gasteiger partial charge in [0.25, 0.3) is 0 Å². The molecule has 0 bridgehead atoms. The van der Waals surface area contributed by atoms with Crippen LogP contribution in [0.3, 0.4) is 0 Å². The second kappa shape index (κ2) is 3.77. The van der Waals surface area contributed by atoms with Crippen LogP contribution in [0.1, 0.15) is 11.6 Å². The first-order valence-corrected chi connectivity index (χ1v) is 5.03. The number of primary amides is 1. The molecule has 1 aliphatic rings. The minimum atomic E-state index is -0.770. The van der Waals surface area contributed by atoms with Gasteiger partial charge in [0.1, 0.15) is 12.6 Å². The zero-order valence-corrected chi connectivity index (χ0v) is 9.07. The van der Waals surface area contributed by atoms with Gasteiger partial charge in [0.15, 0.2) is 0 Å². The highest BCUT2D eigenvalue weighted by atomic mass is 35.5. The van der Waals surface area contributed by atoms with E-state index < -0.39 is 11.9 Å². The number of amides is 2. The lowest BCUT2D eigenvalue weighted by atomic mass is 10.1. The summed E-state index contributed by atoms with van der Waals surface area (Å²) in [6.07, 6.45) is 0. The average Bonchev–Trinajstić information content (AvgIpc) is 2.43. The number of nitrogens with two attached hydrogens (primary N) is 2. The van der Waals surface area contributed by atoms with E-state index in [-0.39, 0.29) is 12.5 Å². The number of anilines is 1. The second-order valence-corrected chi connectivity index (χ2v) is 4.01. The lowest BCUT2D eigenvalue weighted by Gasteiger charge is -2.14. The zero-order chi connectivity index (χ0) is 11.9. The molecule has 84 valence electrons. The predicted molar refractivity (Wildman–Crippen MR) is 59.9 cm³/mol. The number of fused-ring (bicyclic) bond motifs is 1. The van der Waals surface area contributed by atoms with Crippen LogP contribution in [0, 0.1) is 0 Å². The van der Waals surface area contributed by atoms with Crippen LogP contribution in [0.2, 0.25) is 5.02 Å². The molecular weight excluding hydrogens is 230 g/mol. The minimum absolute atomic E-state index is 0.166. The summed E-state index contributed by atoms with van der Waals surface area (Å²) in [6, 6.07) is 4.15. The van der Waals surface area contributed by atoms with Crippen LogP contribution < -0.4 is 16.4 Å². The summed E-state index contributed by atoms with van der Waals surface area (Å²) in [5.41, 5.74) is 12.0. The van der Waals surface area contributed by atoms with E-state index in [9.17, 15) is 9.59 Å². The van der Waals surface area contributed by atoms with E-state index in [1.165, 1.54) is 4.90 Å². The topological polar surface area (TPSA) is 89.4 Å². The van der Waals surface area contributed by atoms with Crippen LogP contribution in [-0.2, 0) is 9.59 Å². The number of halogens is 1. The maximum atomic E-state index is 11.8. The molecule has 0 saturated heterocycles. The van der Waals surface area contributed by atoms with E-state index >= 15 is 0 Å². The van der Waals surface area contributed by atoms with Crippen molar-refractivity contribution in [3.8, 4) is 0 Å². The number of carbonyl (C=O) groups excluding carboxylic acids is 2. The van der Waals surface area contributed by atoms with Gasteiger partial charge in [0, 0.05) is 16.3 Å². The molecule has 1 aliphatic heterocycles. The molecular formula is C10H10ClN3O2. The molecule has 1 atom stereocenters. The third-order valence-corrected chi connectivity index (χ3v) is 2.70. The Morgan fingerprint density at radius 3 is 2.81 bits per heavy atom. The summed E-state index contributed by atoms with van der Waals surface area (Å²) in [7, 11) is 0. The standard InChI is InChI=1S/C10H10ClN3O2/c11-5-1-2-7-6(3-5)9(13)10(16)14(7)4-8(12)15/h1-3,9H,4,13H2,(H2,12,15). The van der Waals surface area contributed by atoms with Gasteiger partial charge >= 0.3 is 0 Å². The first-order valence-electron chi connectivity index (χ1n) is 4.65. The van der Waals surface area contributed by atoms with Crippen molar-refractivity contribution in [2.24, 2.45) is 11.5 Å². The molecule has 1 unspecified atom stereocenters. The molecule has 16 heavy (non-hydrogen) atoms. The largest absolute Gasteiger partial charge is 0.368 e. The number of rotatable bonds is 2. The van der Waals surface area contributed by atoms with Crippen LogP contribution in [-0.4, -0.2) is 18.4 Å². The maximum absolute atomic E-state index is 11.8. The second-order valence-electron chi connectivity index (χ2n) is 3.57. The molecule has 1 aromatic rings. The van der Waals surface area contributed by atoms with Gasteiger partial charge in [-0.2, -0.15) is 0 Å². The molecule has 0 spiro atoms. The Bertz CT molecular complexity index is 475. The molecule has 2 amide bonds. The van der Waals surface area contributed by atoms with Gasteiger partial charge in [-0.15, -0.1) is 0 Å². The van der Waals surface area contributed by atoms with Crippen molar-refractivity contribution in [3.63, 3.8) is 0 Å². The summed E-state index contributed by atoms with van der Waals surface area (Å²) >= 11 is 5.81. The van der Waals surface area contributed by atoms with E-state index in [0.29, 0.717) is 16.3 Å². The van der Waals surface area contributed by atoms with Crippen molar-refractivity contribution in [2.45, 2.75) is 6.04 Å². The van der Waals surface area contributed by atoms with Gasteiger partial charge in [-0.05, 0) is 18.2 Å². The molecule has 2 rings (SSSR count). The van der Waals surface area contributed by atoms with Crippen LogP contribution in [0.4, 0.5) is 5.69 Å². The third-order valence-electron chi connectivity index (χ3n) is 2.46. The average molecular weight is 240 g/mol. The smallest absolute Gasteiger partial charge is 0.249 e. The summed E-state index contributed by atoms with van der Waals surface area (Å²) in [5.74, 6) is -0.917. The van der Waals surface area contributed by atoms with Crippen molar-refractivity contribution >= 4 is 29.1 Å². The van der Waals surface area contributed by atoms with Gasteiger partial charge in [-0.25, -0.2) is 0 Å². The number of carbonyl (C=O) groups is 2.